The van der Waals surface area contributed by atoms with E-state index in [0.29, 0.717) is 17.6 Å². The van der Waals surface area contributed by atoms with Gasteiger partial charge in [-0.25, -0.2) is 0 Å². The normalized spacial score (nSPS) is 22.9. The minimum absolute atomic E-state index is 0.213. The quantitative estimate of drug-likeness (QED) is 0.796. The van der Waals surface area contributed by atoms with Gasteiger partial charge in [0.1, 0.15) is 0 Å². The summed E-state index contributed by atoms with van der Waals surface area (Å²) in [5.74, 6) is 2.51. The molecule has 82 valence electrons. The van der Waals surface area contributed by atoms with Crippen molar-refractivity contribution in [2.75, 3.05) is 5.75 Å². The predicted octanol–water partition coefficient (Wildman–Crippen LogP) is 2.21. The second-order valence-corrected chi connectivity index (χ2v) is 4.93. The summed E-state index contributed by atoms with van der Waals surface area (Å²) in [4.78, 5) is 4.34. The molecule has 1 aromatic heterocycles. The van der Waals surface area contributed by atoms with E-state index in [9.17, 15) is 0 Å². The summed E-state index contributed by atoms with van der Waals surface area (Å²) in [5.41, 5.74) is 5.84. The average molecular weight is 225 g/mol. The van der Waals surface area contributed by atoms with E-state index in [1.807, 2.05) is 11.8 Å². The van der Waals surface area contributed by atoms with E-state index in [0.717, 1.165) is 12.2 Å². The van der Waals surface area contributed by atoms with Crippen molar-refractivity contribution in [3.63, 3.8) is 0 Å². The Hall–Kier alpha value is -0.810. The number of nitrogens with zero attached hydrogens (tertiary/aromatic N) is 2. The maximum Gasteiger partial charge on any atom is 0.243 e. The van der Waals surface area contributed by atoms with Gasteiger partial charge >= 0.3 is 0 Å². The van der Waals surface area contributed by atoms with Crippen LogP contribution in [0.25, 0.3) is 0 Å². The molecule has 0 aromatic carbocycles. The van der Waals surface area contributed by atoms with E-state index < -0.39 is 0 Å². The number of aromatic nitrogens is 2. The smallest absolute Gasteiger partial charge is 0.243 e. The lowest BCUT2D eigenvalue weighted by molar-refractivity contribution is 0.351. The molecular weight excluding hydrogens is 210 g/mol. The van der Waals surface area contributed by atoms with Crippen molar-refractivity contribution in [1.82, 2.24) is 10.1 Å². The first-order chi connectivity index (χ1) is 7.31. The van der Waals surface area contributed by atoms with Crippen LogP contribution in [0.15, 0.2) is 17.2 Å². The molecule has 0 amide bonds. The monoisotopic (exact) mass is 225 g/mol. The number of hydrogen-bond donors (Lipinski definition) is 1. The van der Waals surface area contributed by atoms with Gasteiger partial charge in [0, 0.05) is 0 Å². The van der Waals surface area contributed by atoms with Crippen LogP contribution in [0.4, 0.5) is 0 Å². The lowest BCUT2D eigenvalue weighted by Gasteiger charge is -2.01. The SMILES string of the molecule is C=CCC(N)c1nc(C2CCCS2)no1. The van der Waals surface area contributed by atoms with Gasteiger partial charge in [-0.05, 0) is 25.0 Å². The summed E-state index contributed by atoms with van der Waals surface area (Å²) < 4.78 is 5.14. The van der Waals surface area contributed by atoms with Gasteiger partial charge < -0.3 is 10.3 Å². The highest BCUT2D eigenvalue weighted by Gasteiger charge is 2.24. The molecule has 15 heavy (non-hydrogen) atoms. The molecule has 0 saturated carbocycles. The third kappa shape index (κ3) is 2.41. The topological polar surface area (TPSA) is 64.9 Å². The van der Waals surface area contributed by atoms with Crippen LogP contribution in [0, 0.1) is 0 Å². The Labute approximate surface area is 93.3 Å². The molecule has 0 spiro atoms. The number of nitrogens with two attached hydrogens (primary N) is 1. The highest BCUT2D eigenvalue weighted by Crippen LogP contribution is 2.38. The number of rotatable bonds is 4. The zero-order chi connectivity index (χ0) is 10.7. The summed E-state index contributed by atoms with van der Waals surface area (Å²) in [5, 5.41) is 4.38. The minimum Gasteiger partial charge on any atom is -0.338 e. The van der Waals surface area contributed by atoms with Crippen molar-refractivity contribution >= 4 is 11.8 Å². The van der Waals surface area contributed by atoms with E-state index in [4.69, 9.17) is 10.3 Å². The van der Waals surface area contributed by atoms with Gasteiger partial charge in [-0.2, -0.15) is 16.7 Å². The third-order valence-electron chi connectivity index (χ3n) is 2.41. The summed E-state index contributed by atoms with van der Waals surface area (Å²) in [6.07, 6.45) is 4.80. The van der Waals surface area contributed by atoms with Gasteiger partial charge in [-0.15, -0.1) is 6.58 Å². The van der Waals surface area contributed by atoms with Crippen LogP contribution in [-0.2, 0) is 0 Å². The minimum atomic E-state index is -0.213. The van der Waals surface area contributed by atoms with E-state index in [1.54, 1.807) is 6.08 Å². The van der Waals surface area contributed by atoms with Crippen molar-refractivity contribution in [3.05, 3.63) is 24.4 Å². The molecule has 2 rings (SSSR count). The molecule has 2 unspecified atom stereocenters. The van der Waals surface area contributed by atoms with Crippen LogP contribution in [0.3, 0.4) is 0 Å². The Morgan fingerprint density at radius 3 is 3.27 bits per heavy atom. The van der Waals surface area contributed by atoms with E-state index in [2.05, 4.69) is 16.7 Å². The molecule has 1 aliphatic rings. The van der Waals surface area contributed by atoms with Crippen LogP contribution in [0.2, 0.25) is 0 Å². The maximum atomic E-state index is 5.84. The van der Waals surface area contributed by atoms with Crippen molar-refractivity contribution in [2.24, 2.45) is 5.73 Å². The fourth-order valence-corrected chi connectivity index (χ4v) is 2.79. The molecule has 2 heterocycles. The molecule has 1 fully saturated rings. The lowest BCUT2D eigenvalue weighted by Crippen LogP contribution is -2.09. The molecule has 1 aliphatic heterocycles. The second-order valence-electron chi connectivity index (χ2n) is 3.62. The van der Waals surface area contributed by atoms with Crippen molar-refractivity contribution < 1.29 is 4.52 Å². The molecule has 4 nitrogen and oxygen atoms in total. The van der Waals surface area contributed by atoms with Crippen LogP contribution in [0.5, 0.6) is 0 Å². The Kier molecular flexibility index (Phi) is 3.43. The number of hydrogen-bond acceptors (Lipinski definition) is 5. The van der Waals surface area contributed by atoms with E-state index >= 15 is 0 Å². The van der Waals surface area contributed by atoms with Crippen LogP contribution in [-0.4, -0.2) is 15.9 Å². The predicted molar refractivity (Wildman–Crippen MR) is 60.5 cm³/mol. The van der Waals surface area contributed by atoms with Gasteiger partial charge in [0.15, 0.2) is 5.82 Å². The largest absolute Gasteiger partial charge is 0.338 e. The summed E-state index contributed by atoms with van der Waals surface area (Å²) in [6, 6.07) is -0.213. The molecule has 0 aliphatic carbocycles. The average Bonchev–Trinajstić information content (AvgIpc) is 2.89. The Bertz CT molecular complexity index is 333. The number of thioether (sulfide) groups is 1. The van der Waals surface area contributed by atoms with Crippen LogP contribution < -0.4 is 5.73 Å². The van der Waals surface area contributed by atoms with Crippen molar-refractivity contribution in [2.45, 2.75) is 30.6 Å². The highest BCUT2D eigenvalue weighted by molar-refractivity contribution is 7.99. The fraction of sp³-hybridized carbons (Fsp3) is 0.600. The molecule has 0 bridgehead atoms. The summed E-state index contributed by atoms with van der Waals surface area (Å²) in [6.45, 7) is 3.64. The lowest BCUT2D eigenvalue weighted by atomic mass is 10.2. The zero-order valence-corrected chi connectivity index (χ0v) is 9.37. The molecule has 1 aromatic rings. The Morgan fingerprint density at radius 2 is 2.60 bits per heavy atom. The van der Waals surface area contributed by atoms with E-state index in [-0.39, 0.29) is 6.04 Å². The zero-order valence-electron chi connectivity index (χ0n) is 8.56. The van der Waals surface area contributed by atoms with Gasteiger partial charge in [0.2, 0.25) is 5.89 Å². The second kappa shape index (κ2) is 4.81. The highest BCUT2D eigenvalue weighted by atomic mass is 32.2. The molecule has 1 saturated heterocycles. The van der Waals surface area contributed by atoms with Crippen LogP contribution >= 0.6 is 11.8 Å². The Morgan fingerprint density at radius 1 is 1.73 bits per heavy atom. The van der Waals surface area contributed by atoms with Crippen LogP contribution in [0.1, 0.15) is 42.3 Å². The first-order valence-corrected chi connectivity index (χ1v) is 6.17. The third-order valence-corrected chi connectivity index (χ3v) is 3.79. The van der Waals surface area contributed by atoms with Crippen molar-refractivity contribution in [3.8, 4) is 0 Å². The fourth-order valence-electron chi connectivity index (χ4n) is 1.59. The standard InChI is InChI=1S/C10H15N3OS/c1-2-4-7(11)10-12-9(13-14-10)8-5-3-6-15-8/h2,7-8H,1,3-6,11H2. The summed E-state index contributed by atoms with van der Waals surface area (Å²) >= 11 is 1.89. The Balaban J connectivity index is 2.05. The molecule has 0 radical (unpaired) electrons. The van der Waals surface area contributed by atoms with Gasteiger partial charge in [-0.3, -0.25) is 0 Å². The first kappa shape index (κ1) is 10.7. The van der Waals surface area contributed by atoms with Crippen molar-refractivity contribution in [1.29, 1.82) is 0 Å². The van der Waals surface area contributed by atoms with Gasteiger partial charge in [-0.1, -0.05) is 11.2 Å². The molecule has 5 heteroatoms. The summed E-state index contributed by atoms with van der Waals surface area (Å²) in [7, 11) is 0. The molecule has 2 N–H and O–H groups in total. The maximum absolute atomic E-state index is 5.84. The van der Waals surface area contributed by atoms with Gasteiger partial charge in [0.25, 0.3) is 0 Å². The molecular formula is C10H15N3OS. The van der Waals surface area contributed by atoms with E-state index in [1.165, 1.54) is 12.2 Å². The molecule has 2 atom stereocenters. The van der Waals surface area contributed by atoms with Gasteiger partial charge in [0.05, 0.1) is 11.3 Å². The first-order valence-electron chi connectivity index (χ1n) is 5.13.